The van der Waals surface area contributed by atoms with E-state index in [1.54, 1.807) is 20.4 Å². The van der Waals surface area contributed by atoms with Gasteiger partial charge in [-0.25, -0.2) is 0 Å². The molecule has 1 heterocycles. The normalized spacial score (nSPS) is 23.0. The molecule has 4 nitrogen and oxygen atoms in total. The molecule has 1 aliphatic rings. The Hall–Kier alpha value is -1.29. The van der Waals surface area contributed by atoms with Gasteiger partial charge in [0.25, 0.3) is 0 Å². The first-order chi connectivity index (χ1) is 8.24. The van der Waals surface area contributed by atoms with Crippen molar-refractivity contribution in [3.63, 3.8) is 0 Å². The third-order valence-electron chi connectivity index (χ3n) is 3.30. The van der Waals surface area contributed by atoms with Crippen LogP contribution in [-0.2, 0) is 6.54 Å². The molecular formula is C13H20N2O2. The van der Waals surface area contributed by atoms with E-state index in [4.69, 9.17) is 9.47 Å². The second-order valence-electron chi connectivity index (χ2n) is 4.65. The Bertz CT molecular complexity index is 376. The van der Waals surface area contributed by atoms with Crippen molar-refractivity contribution in [2.75, 3.05) is 14.2 Å². The number of nitrogens with one attached hydrogen (secondary N) is 1. The molecule has 17 heavy (non-hydrogen) atoms. The molecule has 2 rings (SSSR count). The van der Waals surface area contributed by atoms with Gasteiger partial charge in [-0.15, -0.1) is 0 Å². The number of hydrogen-bond acceptors (Lipinski definition) is 4. The monoisotopic (exact) mass is 236 g/mol. The summed E-state index contributed by atoms with van der Waals surface area (Å²) >= 11 is 0. The van der Waals surface area contributed by atoms with Crippen molar-refractivity contribution in [2.24, 2.45) is 5.92 Å². The highest BCUT2D eigenvalue weighted by Crippen LogP contribution is 2.30. The van der Waals surface area contributed by atoms with Crippen LogP contribution in [0.5, 0.6) is 11.5 Å². The summed E-state index contributed by atoms with van der Waals surface area (Å²) in [6.45, 7) is 3.01. The highest BCUT2D eigenvalue weighted by Gasteiger charge is 2.25. The van der Waals surface area contributed by atoms with E-state index in [0.717, 1.165) is 29.7 Å². The Kier molecular flexibility index (Phi) is 3.84. The van der Waals surface area contributed by atoms with Gasteiger partial charge in [0.15, 0.2) is 11.5 Å². The maximum atomic E-state index is 5.34. The van der Waals surface area contributed by atoms with E-state index >= 15 is 0 Å². The molecule has 1 saturated carbocycles. The van der Waals surface area contributed by atoms with Crippen LogP contribution >= 0.6 is 0 Å². The summed E-state index contributed by atoms with van der Waals surface area (Å²) in [5.74, 6) is 2.32. The van der Waals surface area contributed by atoms with Gasteiger partial charge in [-0.2, -0.15) is 0 Å². The summed E-state index contributed by atoms with van der Waals surface area (Å²) < 4.78 is 10.6. The molecule has 0 aromatic carbocycles. The zero-order chi connectivity index (χ0) is 12.3. The molecule has 1 aromatic heterocycles. The lowest BCUT2D eigenvalue weighted by Crippen LogP contribution is -2.39. The quantitative estimate of drug-likeness (QED) is 0.849. The minimum atomic E-state index is 0.628. The largest absolute Gasteiger partial charge is 0.493 e. The van der Waals surface area contributed by atoms with Crippen molar-refractivity contribution in [3.05, 3.63) is 18.0 Å². The first kappa shape index (κ1) is 12.2. The lowest BCUT2D eigenvalue weighted by atomic mass is 9.82. The third-order valence-corrected chi connectivity index (χ3v) is 3.30. The molecule has 0 unspecified atom stereocenters. The molecule has 0 atom stereocenters. The minimum absolute atomic E-state index is 0.628. The highest BCUT2D eigenvalue weighted by molar-refractivity contribution is 5.42. The molecule has 0 saturated heterocycles. The fraction of sp³-hybridized carbons (Fsp3) is 0.615. The first-order valence-electron chi connectivity index (χ1n) is 6.03. The maximum Gasteiger partial charge on any atom is 0.183 e. The summed E-state index contributed by atoms with van der Waals surface area (Å²) in [7, 11) is 3.29. The van der Waals surface area contributed by atoms with Gasteiger partial charge in [-0.05, 0) is 18.8 Å². The van der Waals surface area contributed by atoms with E-state index < -0.39 is 0 Å². The van der Waals surface area contributed by atoms with Crippen molar-refractivity contribution in [1.29, 1.82) is 0 Å². The van der Waals surface area contributed by atoms with Gasteiger partial charge in [0.05, 0.1) is 19.9 Å². The van der Waals surface area contributed by atoms with Gasteiger partial charge in [0.2, 0.25) is 0 Å². The number of methoxy groups -OCH3 is 2. The van der Waals surface area contributed by atoms with Crippen LogP contribution in [0.3, 0.4) is 0 Å². The predicted molar refractivity (Wildman–Crippen MR) is 66.4 cm³/mol. The van der Waals surface area contributed by atoms with E-state index in [1.165, 1.54) is 12.8 Å². The number of hydrogen-bond donors (Lipinski definition) is 1. The molecule has 0 bridgehead atoms. The average Bonchev–Trinajstić information content (AvgIpc) is 2.32. The highest BCUT2D eigenvalue weighted by atomic mass is 16.5. The Morgan fingerprint density at radius 3 is 2.71 bits per heavy atom. The van der Waals surface area contributed by atoms with Crippen LogP contribution in [0.15, 0.2) is 12.3 Å². The molecule has 0 radical (unpaired) electrons. The summed E-state index contributed by atoms with van der Waals surface area (Å²) in [6, 6.07) is 2.44. The molecule has 1 aliphatic carbocycles. The van der Waals surface area contributed by atoms with E-state index in [2.05, 4.69) is 17.2 Å². The Morgan fingerprint density at radius 2 is 2.12 bits per heavy atom. The zero-order valence-corrected chi connectivity index (χ0v) is 10.7. The number of nitrogens with zero attached hydrogens (tertiary/aromatic N) is 1. The van der Waals surface area contributed by atoms with Crippen LogP contribution in [0.4, 0.5) is 0 Å². The summed E-state index contributed by atoms with van der Waals surface area (Å²) in [5.41, 5.74) is 0.909. The molecule has 4 heteroatoms. The summed E-state index contributed by atoms with van der Waals surface area (Å²) in [5, 5.41) is 3.49. The zero-order valence-electron chi connectivity index (χ0n) is 10.7. The molecule has 1 N–H and O–H groups in total. The van der Waals surface area contributed by atoms with Gasteiger partial charge < -0.3 is 14.8 Å². The molecule has 1 fully saturated rings. The Labute approximate surface area is 102 Å². The molecule has 0 aliphatic heterocycles. The molecule has 0 amide bonds. The van der Waals surface area contributed by atoms with Crippen molar-refractivity contribution < 1.29 is 9.47 Å². The van der Waals surface area contributed by atoms with E-state index in [-0.39, 0.29) is 0 Å². The predicted octanol–water partition coefficient (Wildman–Crippen LogP) is 1.99. The second kappa shape index (κ2) is 5.36. The smallest absolute Gasteiger partial charge is 0.183 e. The fourth-order valence-electron chi connectivity index (χ4n) is 2.29. The van der Waals surface area contributed by atoms with E-state index in [0.29, 0.717) is 6.04 Å². The average molecular weight is 236 g/mol. The number of aromatic nitrogens is 1. The van der Waals surface area contributed by atoms with Crippen LogP contribution in [0.1, 0.15) is 25.5 Å². The van der Waals surface area contributed by atoms with Crippen molar-refractivity contribution in [1.82, 2.24) is 10.3 Å². The summed E-state index contributed by atoms with van der Waals surface area (Å²) in [6.07, 6.45) is 4.26. The summed E-state index contributed by atoms with van der Waals surface area (Å²) in [4.78, 5) is 4.34. The molecule has 1 aromatic rings. The van der Waals surface area contributed by atoms with Gasteiger partial charge >= 0.3 is 0 Å². The maximum absolute atomic E-state index is 5.34. The number of pyridine rings is 1. The lowest BCUT2D eigenvalue weighted by Gasteiger charge is -2.33. The Balaban J connectivity index is 1.99. The van der Waals surface area contributed by atoms with Gasteiger partial charge in [0.1, 0.15) is 0 Å². The molecule has 94 valence electrons. The second-order valence-corrected chi connectivity index (χ2v) is 4.65. The Morgan fingerprint density at radius 1 is 1.35 bits per heavy atom. The van der Waals surface area contributed by atoms with Crippen LogP contribution in [0.25, 0.3) is 0 Å². The van der Waals surface area contributed by atoms with Crippen LogP contribution in [0.2, 0.25) is 0 Å². The SMILES string of the molecule is COc1ccnc(CNC2CC(C)C2)c1OC. The lowest BCUT2D eigenvalue weighted by molar-refractivity contribution is 0.238. The van der Waals surface area contributed by atoms with E-state index in [1.807, 2.05) is 6.07 Å². The fourth-order valence-corrected chi connectivity index (χ4v) is 2.29. The third kappa shape index (κ3) is 2.69. The first-order valence-corrected chi connectivity index (χ1v) is 6.03. The van der Waals surface area contributed by atoms with Gasteiger partial charge in [-0.1, -0.05) is 6.92 Å². The van der Waals surface area contributed by atoms with Crippen LogP contribution in [0, 0.1) is 5.92 Å². The molecular weight excluding hydrogens is 216 g/mol. The van der Waals surface area contributed by atoms with Crippen molar-refractivity contribution >= 4 is 0 Å². The number of rotatable bonds is 5. The number of ether oxygens (including phenoxy) is 2. The van der Waals surface area contributed by atoms with Crippen molar-refractivity contribution in [2.45, 2.75) is 32.4 Å². The minimum Gasteiger partial charge on any atom is -0.493 e. The van der Waals surface area contributed by atoms with Crippen molar-refractivity contribution in [3.8, 4) is 11.5 Å². The van der Waals surface area contributed by atoms with E-state index in [9.17, 15) is 0 Å². The van der Waals surface area contributed by atoms with Crippen LogP contribution in [-0.4, -0.2) is 25.2 Å². The molecule has 0 spiro atoms. The van der Waals surface area contributed by atoms with Gasteiger partial charge in [0, 0.05) is 24.8 Å². The topological polar surface area (TPSA) is 43.4 Å². The standard InChI is InChI=1S/C13H20N2O2/c1-9-6-10(7-9)15-8-11-13(17-3)12(16-2)4-5-14-11/h4-5,9-10,15H,6-8H2,1-3H3. The van der Waals surface area contributed by atoms with Crippen LogP contribution < -0.4 is 14.8 Å². The van der Waals surface area contributed by atoms with Gasteiger partial charge in [-0.3, -0.25) is 4.98 Å².